The van der Waals surface area contributed by atoms with E-state index in [4.69, 9.17) is 0 Å². The minimum Gasteiger partial charge on any atom is -0.354 e. The van der Waals surface area contributed by atoms with E-state index in [2.05, 4.69) is 24.5 Å². The van der Waals surface area contributed by atoms with Crippen molar-refractivity contribution in [2.75, 3.05) is 25.1 Å². The molecule has 0 aromatic rings. The van der Waals surface area contributed by atoms with Crippen LogP contribution in [0.5, 0.6) is 0 Å². The maximum absolute atomic E-state index is 11.3. The highest BCUT2D eigenvalue weighted by Crippen LogP contribution is 2.07. The molecule has 0 saturated heterocycles. The summed E-state index contributed by atoms with van der Waals surface area (Å²) in [4.78, 5) is 11.3. The van der Waals surface area contributed by atoms with Crippen molar-refractivity contribution >= 4 is 30.1 Å². The summed E-state index contributed by atoms with van der Waals surface area (Å²) in [6.07, 6.45) is 1.19. The lowest BCUT2D eigenvalue weighted by molar-refractivity contribution is -0.118. The molecule has 0 aromatic heterocycles. The molecule has 0 spiro atoms. The van der Waals surface area contributed by atoms with E-state index in [0.29, 0.717) is 18.3 Å². The number of hydrogen-bond acceptors (Lipinski definition) is 3. The van der Waals surface area contributed by atoms with E-state index >= 15 is 0 Å². The SMILES string of the molecule is CNC(C)CNC(=O)CSCCC(C)C.Cl. The lowest BCUT2D eigenvalue weighted by atomic mass is 10.2. The van der Waals surface area contributed by atoms with Gasteiger partial charge in [-0.3, -0.25) is 4.79 Å². The molecule has 98 valence electrons. The van der Waals surface area contributed by atoms with Gasteiger partial charge in [0.05, 0.1) is 5.75 Å². The van der Waals surface area contributed by atoms with Crippen molar-refractivity contribution in [3.8, 4) is 0 Å². The first-order chi connectivity index (χ1) is 7.06. The van der Waals surface area contributed by atoms with Crippen molar-refractivity contribution in [3.05, 3.63) is 0 Å². The third kappa shape index (κ3) is 12.1. The van der Waals surface area contributed by atoms with E-state index in [0.717, 1.165) is 11.7 Å². The topological polar surface area (TPSA) is 41.1 Å². The van der Waals surface area contributed by atoms with Crippen LogP contribution in [0.1, 0.15) is 27.2 Å². The molecule has 0 aliphatic heterocycles. The number of rotatable bonds is 8. The Morgan fingerprint density at radius 1 is 1.31 bits per heavy atom. The van der Waals surface area contributed by atoms with E-state index in [-0.39, 0.29) is 18.3 Å². The molecule has 1 atom stereocenters. The summed E-state index contributed by atoms with van der Waals surface area (Å²) in [6, 6.07) is 0.342. The quantitative estimate of drug-likeness (QED) is 0.661. The fourth-order valence-electron chi connectivity index (χ4n) is 0.904. The largest absolute Gasteiger partial charge is 0.354 e. The fraction of sp³-hybridized carbons (Fsp3) is 0.909. The minimum absolute atomic E-state index is 0. The number of hydrogen-bond donors (Lipinski definition) is 2. The lowest BCUT2D eigenvalue weighted by Crippen LogP contribution is -2.37. The maximum Gasteiger partial charge on any atom is 0.230 e. The zero-order valence-corrected chi connectivity index (χ0v) is 12.3. The summed E-state index contributed by atoms with van der Waals surface area (Å²) < 4.78 is 0. The van der Waals surface area contributed by atoms with Gasteiger partial charge in [-0.1, -0.05) is 13.8 Å². The molecule has 0 rings (SSSR count). The van der Waals surface area contributed by atoms with Gasteiger partial charge in [-0.2, -0.15) is 11.8 Å². The van der Waals surface area contributed by atoms with E-state index in [1.54, 1.807) is 11.8 Å². The monoisotopic (exact) mass is 268 g/mol. The van der Waals surface area contributed by atoms with Crippen molar-refractivity contribution in [3.63, 3.8) is 0 Å². The molecule has 1 amide bonds. The van der Waals surface area contributed by atoms with E-state index in [9.17, 15) is 4.79 Å². The van der Waals surface area contributed by atoms with Crippen LogP contribution in [0.3, 0.4) is 0 Å². The number of thioether (sulfide) groups is 1. The van der Waals surface area contributed by atoms with Crippen LogP contribution in [-0.2, 0) is 4.79 Å². The van der Waals surface area contributed by atoms with Crippen molar-refractivity contribution in [1.82, 2.24) is 10.6 Å². The van der Waals surface area contributed by atoms with Crippen LogP contribution in [0, 0.1) is 5.92 Å². The highest BCUT2D eigenvalue weighted by molar-refractivity contribution is 7.99. The second-order valence-corrected chi connectivity index (χ2v) is 5.33. The first kappa shape index (κ1) is 18.4. The molecule has 0 saturated carbocycles. The Labute approximate surface area is 110 Å². The Morgan fingerprint density at radius 2 is 1.94 bits per heavy atom. The Kier molecular flexibility index (Phi) is 13.3. The number of halogens is 1. The molecule has 0 aliphatic carbocycles. The van der Waals surface area contributed by atoms with Gasteiger partial charge in [0.1, 0.15) is 0 Å². The summed E-state index contributed by atoms with van der Waals surface area (Å²) >= 11 is 1.72. The third-order valence-corrected chi connectivity index (χ3v) is 3.16. The van der Waals surface area contributed by atoms with Gasteiger partial charge in [0, 0.05) is 12.6 Å². The zero-order chi connectivity index (χ0) is 11.7. The third-order valence-electron chi connectivity index (χ3n) is 2.17. The summed E-state index contributed by atoms with van der Waals surface area (Å²) in [5.74, 6) is 2.53. The Hall–Kier alpha value is 0.0700. The van der Waals surface area contributed by atoms with Crippen LogP contribution < -0.4 is 10.6 Å². The molecule has 0 heterocycles. The van der Waals surface area contributed by atoms with Gasteiger partial charge < -0.3 is 10.6 Å². The number of carbonyl (C=O) groups excluding carboxylic acids is 1. The van der Waals surface area contributed by atoms with E-state index < -0.39 is 0 Å². The van der Waals surface area contributed by atoms with Gasteiger partial charge >= 0.3 is 0 Å². The molecular weight excluding hydrogens is 244 g/mol. The van der Waals surface area contributed by atoms with E-state index in [1.807, 2.05) is 14.0 Å². The molecule has 1 unspecified atom stereocenters. The molecule has 0 bridgehead atoms. The van der Waals surface area contributed by atoms with E-state index in [1.165, 1.54) is 6.42 Å². The minimum atomic E-state index is 0. The summed E-state index contributed by atoms with van der Waals surface area (Å²) in [6.45, 7) is 7.16. The van der Waals surface area contributed by atoms with Gasteiger partial charge in [-0.05, 0) is 32.1 Å². The van der Waals surface area contributed by atoms with Gasteiger partial charge in [-0.25, -0.2) is 0 Å². The van der Waals surface area contributed by atoms with Crippen LogP contribution in [0.2, 0.25) is 0 Å². The average Bonchev–Trinajstić information content (AvgIpc) is 2.20. The molecule has 3 nitrogen and oxygen atoms in total. The number of amides is 1. The smallest absolute Gasteiger partial charge is 0.230 e. The van der Waals surface area contributed by atoms with Gasteiger partial charge in [0.15, 0.2) is 0 Å². The standard InChI is InChI=1S/C11H24N2OS.ClH/c1-9(2)5-6-15-8-11(14)13-7-10(3)12-4;/h9-10,12H,5-8H2,1-4H3,(H,13,14);1H. The number of carbonyl (C=O) groups is 1. The second kappa shape index (κ2) is 11.6. The fourth-order valence-corrected chi connectivity index (χ4v) is 1.97. The molecule has 0 radical (unpaired) electrons. The average molecular weight is 269 g/mol. The van der Waals surface area contributed by atoms with Crippen LogP contribution in [0.15, 0.2) is 0 Å². The zero-order valence-electron chi connectivity index (χ0n) is 10.7. The summed E-state index contributed by atoms with van der Waals surface area (Å²) in [7, 11) is 1.90. The highest BCUT2D eigenvalue weighted by atomic mass is 35.5. The highest BCUT2D eigenvalue weighted by Gasteiger charge is 2.03. The van der Waals surface area contributed by atoms with Crippen LogP contribution in [0.25, 0.3) is 0 Å². The number of nitrogens with one attached hydrogen (secondary N) is 2. The van der Waals surface area contributed by atoms with Gasteiger partial charge in [0.2, 0.25) is 5.91 Å². The Bertz CT molecular complexity index is 179. The lowest BCUT2D eigenvalue weighted by Gasteiger charge is -2.11. The predicted molar refractivity (Wildman–Crippen MR) is 75.6 cm³/mol. The molecule has 16 heavy (non-hydrogen) atoms. The molecule has 2 N–H and O–H groups in total. The molecular formula is C11H25ClN2OS. The van der Waals surface area contributed by atoms with Crippen molar-refractivity contribution in [2.24, 2.45) is 5.92 Å². The predicted octanol–water partition coefficient (Wildman–Crippen LogP) is 1.91. The Balaban J connectivity index is 0. The summed E-state index contributed by atoms with van der Waals surface area (Å²) in [5.41, 5.74) is 0. The first-order valence-corrected chi connectivity index (χ1v) is 6.73. The Morgan fingerprint density at radius 3 is 2.44 bits per heavy atom. The second-order valence-electron chi connectivity index (χ2n) is 4.23. The van der Waals surface area contributed by atoms with Crippen LogP contribution in [-0.4, -0.2) is 37.0 Å². The number of likely N-dealkylation sites (N-methyl/N-ethyl adjacent to an activating group) is 1. The van der Waals surface area contributed by atoms with Gasteiger partial charge in [-0.15, -0.1) is 12.4 Å². The van der Waals surface area contributed by atoms with Crippen molar-refractivity contribution < 1.29 is 4.79 Å². The maximum atomic E-state index is 11.3. The van der Waals surface area contributed by atoms with Crippen molar-refractivity contribution in [2.45, 2.75) is 33.2 Å². The molecule has 0 fully saturated rings. The molecule has 5 heteroatoms. The van der Waals surface area contributed by atoms with Crippen LogP contribution in [0.4, 0.5) is 0 Å². The summed E-state index contributed by atoms with van der Waals surface area (Å²) in [5, 5.41) is 5.98. The first-order valence-electron chi connectivity index (χ1n) is 5.58. The van der Waals surface area contributed by atoms with Crippen molar-refractivity contribution in [1.29, 1.82) is 0 Å². The van der Waals surface area contributed by atoms with Gasteiger partial charge in [0.25, 0.3) is 0 Å². The molecule has 0 aromatic carbocycles. The molecule has 0 aliphatic rings. The van der Waals surface area contributed by atoms with Crippen LogP contribution >= 0.6 is 24.2 Å². The normalized spacial score (nSPS) is 12.1.